The molecule has 1 saturated heterocycles. The van der Waals surface area contributed by atoms with E-state index in [0.717, 1.165) is 11.3 Å². The monoisotopic (exact) mass is 410 g/mol. The fourth-order valence-corrected chi connectivity index (χ4v) is 3.67. The van der Waals surface area contributed by atoms with Gasteiger partial charge in [-0.05, 0) is 49.2 Å². The lowest BCUT2D eigenvalue weighted by Gasteiger charge is -2.31. The van der Waals surface area contributed by atoms with Crippen molar-refractivity contribution < 1.29 is 18.7 Å². The molecule has 0 radical (unpaired) electrons. The Morgan fingerprint density at radius 1 is 1.23 bits per heavy atom. The van der Waals surface area contributed by atoms with Crippen molar-refractivity contribution in [1.29, 1.82) is 0 Å². The molecule has 1 fully saturated rings. The number of nitrogens with zero attached hydrogens (tertiary/aromatic N) is 2. The van der Waals surface area contributed by atoms with Gasteiger partial charge in [0.05, 0.1) is 12.6 Å². The highest BCUT2D eigenvalue weighted by Gasteiger charge is 2.40. The summed E-state index contributed by atoms with van der Waals surface area (Å²) in [7, 11) is 0. The van der Waals surface area contributed by atoms with E-state index in [9.17, 15) is 14.0 Å². The molecule has 0 saturated carbocycles. The summed E-state index contributed by atoms with van der Waals surface area (Å²) in [6.45, 7) is 2.41. The van der Waals surface area contributed by atoms with Crippen molar-refractivity contribution in [1.82, 2.24) is 15.3 Å². The van der Waals surface area contributed by atoms with Crippen LogP contribution >= 0.6 is 0 Å². The Morgan fingerprint density at radius 2 is 2.03 bits per heavy atom. The highest BCUT2D eigenvalue weighted by Crippen LogP contribution is 2.31. The molecule has 2 amide bonds. The van der Waals surface area contributed by atoms with Crippen LogP contribution in [0.2, 0.25) is 0 Å². The second-order valence-electron chi connectivity index (χ2n) is 7.17. The van der Waals surface area contributed by atoms with E-state index in [2.05, 4.69) is 10.7 Å². The minimum atomic E-state index is -0.435. The van der Waals surface area contributed by atoms with E-state index in [-0.39, 0.29) is 24.4 Å². The largest absolute Gasteiger partial charge is 0.494 e. The van der Waals surface area contributed by atoms with Gasteiger partial charge in [-0.2, -0.15) is 0 Å². The van der Waals surface area contributed by atoms with Crippen molar-refractivity contribution >= 4 is 17.5 Å². The Kier molecular flexibility index (Phi) is 5.67. The number of anilines is 1. The van der Waals surface area contributed by atoms with Crippen LogP contribution in [-0.4, -0.2) is 40.9 Å². The molecule has 8 heteroatoms. The zero-order valence-electron chi connectivity index (χ0n) is 16.5. The molecule has 156 valence electrons. The van der Waals surface area contributed by atoms with Gasteiger partial charge in [0.15, 0.2) is 0 Å². The molecule has 2 aromatic carbocycles. The summed E-state index contributed by atoms with van der Waals surface area (Å²) in [5, 5.41) is 4.39. The second kappa shape index (κ2) is 8.54. The van der Waals surface area contributed by atoms with Gasteiger partial charge in [-0.15, -0.1) is 0 Å². The standard InChI is InChI=1S/C22H23FN4O3/c1-2-30-18-8-6-15(7-9-18)19-13-20-22(29)26(10-11-27(20)25-19)14-21(28)24-17-5-3-4-16(23)12-17/h3-12,19-20,25H,2,13-14H2,1H3,(H,24,28). The molecular weight excluding hydrogens is 387 g/mol. The number of nitrogens with one attached hydrogen (secondary N) is 2. The first kappa shape index (κ1) is 19.9. The molecule has 2 aliphatic heterocycles. The first-order valence-electron chi connectivity index (χ1n) is 9.85. The van der Waals surface area contributed by atoms with Crippen molar-refractivity contribution in [2.24, 2.45) is 0 Å². The Balaban J connectivity index is 1.37. The molecular formula is C22H23FN4O3. The number of ether oxygens (including phenoxy) is 1. The SMILES string of the molecule is CCOc1ccc(C2CC3C(=O)N(CC(=O)Nc4cccc(F)c4)C=CN3N2)cc1. The first-order chi connectivity index (χ1) is 14.5. The molecule has 2 aliphatic rings. The number of rotatable bonds is 6. The number of amides is 2. The van der Waals surface area contributed by atoms with Crippen molar-refractivity contribution in [2.45, 2.75) is 25.4 Å². The Bertz CT molecular complexity index is 963. The van der Waals surface area contributed by atoms with Crippen LogP contribution in [-0.2, 0) is 9.59 Å². The summed E-state index contributed by atoms with van der Waals surface area (Å²) < 4.78 is 18.7. The van der Waals surface area contributed by atoms with Crippen LogP contribution < -0.4 is 15.5 Å². The predicted octanol–water partition coefficient (Wildman–Crippen LogP) is 2.80. The number of hydrazine groups is 1. The van der Waals surface area contributed by atoms with Crippen LogP contribution in [0.1, 0.15) is 24.9 Å². The third-order valence-corrected chi connectivity index (χ3v) is 5.09. The van der Waals surface area contributed by atoms with Crippen molar-refractivity contribution in [2.75, 3.05) is 18.5 Å². The lowest BCUT2D eigenvalue weighted by molar-refractivity contribution is -0.137. The van der Waals surface area contributed by atoms with Crippen LogP contribution in [0.3, 0.4) is 0 Å². The Hall–Kier alpha value is -3.39. The molecule has 7 nitrogen and oxygen atoms in total. The maximum absolute atomic E-state index is 13.3. The quantitative estimate of drug-likeness (QED) is 0.766. The number of carbonyl (C=O) groups excluding carboxylic acids is 2. The zero-order valence-corrected chi connectivity index (χ0v) is 16.5. The third-order valence-electron chi connectivity index (χ3n) is 5.09. The molecule has 2 N–H and O–H groups in total. The number of halogens is 1. The van der Waals surface area contributed by atoms with E-state index in [1.807, 2.05) is 31.2 Å². The van der Waals surface area contributed by atoms with Crippen LogP contribution in [0.25, 0.3) is 0 Å². The normalized spacial score (nSPS) is 20.3. The van der Waals surface area contributed by atoms with Gasteiger partial charge in [-0.1, -0.05) is 18.2 Å². The van der Waals surface area contributed by atoms with Crippen molar-refractivity contribution in [3.05, 3.63) is 72.3 Å². The van der Waals surface area contributed by atoms with Crippen LogP contribution in [0, 0.1) is 5.82 Å². The third kappa shape index (κ3) is 4.28. The van der Waals surface area contributed by atoms with Gasteiger partial charge < -0.3 is 20.0 Å². The summed E-state index contributed by atoms with van der Waals surface area (Å²) in [5.74, 6) is -0.174. The minimum absolute atomic E-state index is 0.0136. The van der Waals surface area contributed by atoms with E-state index in [1.54, 1.807) is 23.5 Å². The fourth-order valence-electron chi connectivity index (χ4n) is 3.67. The second-order valence-corrected chi connectivity index (χ2v) is 7.17. The number of fused-ring (bicyclic) bond motifs is 1. The molecule has 4 rings (SSSR count). The average molecular weight is 410 g/mol. The number of carbonyl (C=O) groups is 2. The van der Waals surface area contributed by atoms with E-state index in [4.69, 9.17) is 4.74 Å². The number of hydrogen-bond acceptors (Lipinski definition) is 5. The molecule has 2 heterocycles. The van der Waals surface area contributed by atoms with Gasteiger partial charge in [-0.25, -0.2) is 9.82 Å². The van der Waals surface area contributed by atoms with Gasteiger partial charge in [0.1, 0.15) is 24.2 Å². The highest BCUT2D eigenvalue weighted by atomic mass is 19.1. The summed E-state index contributed by atoms with van der Waals surface area (Å²) in [5.41, 5.74) is 4.74. The molecule has 2 unspecified atom stereocenters. The predicted molar refractivity (Wildman–Crippen MR) is 110 cm³/mol. The lowest BCUT2D eigenvalue weighted by atomic mass is 10.0. The number of benzene rings is 2. The Morgan fingerprint density at radius 3 is 2.77 bits per heavy atom. The molecule has 0 spiro atoms. The molecule has 0 aromatic heterocycles. The van der Waals surface area contributed by atoms with Gasteiger partial charge in [0.2, 0.25) is 5.91 Å². The lowest BCUT2D eigenvalue weighted by Crippen LogP contribution is -2.49. The van der Waals surface area contributed by atoms with E-state index in [1.165, 1.54) is 23.1 Å². The van der Waals surface area contributed by atoms with Gasteiger partial charge in [0, 0.05) is 18.1 Å². The van der Waals surface area contributed by atoms with Crippen LogP contribution in [0.4, 0.5) is 10.1 Å². The first-order valence-corrected chi connectivity index (χ1v) is 9.85. The fraction of sp³-hybridized carbons (Fsp3) is 0.273. The van der Waals surface area contributed by atoms with E-state index < -0.39 is 11.9 Å². The summed E-state index contributed by atoms with van der Waals surface area (Å²) >= 11 is 0. The molecule has 0 bridgehead atoms. The minimum Gasteiger partial charge on any atom is -0.494 e. The van der Waals surface area contributed by atoms with E-state index >= 15 is 0 Å². The van der Waals surface area contributed by atoms with Gasteiger partial charge in [-0.3, -0.25) is 9.59 Å². The number of hydrogen-bond donors (Lipinski definition) is 2. The van der Waals surface area contributed by atoms with Crippen molar-refractivity contribution in [3.63, 3.8) is 0 Å². The smallest absolute Gasteiger partial charge is 0.251 e. The maximum atomic E-state index is 13.3. The summed E-state index contributed by atoms with van der Waals surface area (Å²) in [4.78, 5) is 26.6. The highest BCUT2D eigenvalue weighted by molar-refractivity contribution is 5.96. The average Bonchev–Trinajstić information content (AvgIpc) is 3.16. The zero-order chi connectivity index (χ0) is 21.1. The summed E-state index contributed by atoms with van der Waals surface area (Å²) in [6.07, 6.45) is 3.92. The maximum Gasteiger partial charge on any atom is 0.251 e. The molecule has 2 aromatic rings. The van der Waals surface area contributed by atoms with Gasteiger partial charge in [0.25, 0.3) is 5.91 Å². The summed E-state index contributed by atoms with van der Waals surface area (Å²) in [6, 6.07) is 13.0. The topological polar surface area (TPSA) is 73.9 Å². The van der Waals surface area contributed by atoms with Crippen LogP contribution in [0.15, 0.2) is 60.9 Å². The Labute approximate surface area is 174 Å². The van der Waals surface area contributed by atoms with Crippen LogP contribution in [0.5, 0.6) is 5.75 Å². The molecule has 0 aliphatic carbocycles. The molecule has 2 atom stereocenters. The molecule has 30 heavy (non-hydrogen) atoms. The van der Waals surface area contributed by atoms with Crippen molar-refractivity contribution in [3.8, 4) is 5.75 Å². The van der Waals surface area contributed by atoms with E-state index in [0.29, 0.717) is 18.7 Å². The van der Waals surface area contributed by atoms with Gasteiger partial charge >= 0.3 is 0 Å².